The van der Waals surface area contributed by atoms with Gasteiger partial charge >= 0.3 is 5.97 Å². The number of hydrogen-bond donors (Lipinski definition) is 1. The lowest BCUT2D eigenvalue weighted by Crippen LogP contribution is -2.21. The van der Waals surface area contributed by atoms with Crippen molar-refractivity contribution < 1.29 is 14.3 Å². The van der Waals surface area contributed by atoms with E-state index in [1.54, 1.807) is 48.5 Å². The summed E-state index contributed by atoms with van der Waals surface area (Å²) in [6.45, 7) is 0. The highest BCUT2D eigenvalue weighted by atomic mass is 35.5. The number of esters is 1. The number of allylic oxidation sites excluding steroid dienone is 2. The molecular formula is C20H18ClNO3. The van der Waals surface area contributed by atoms with Gasteiger partial charge in [-0.3, -0.25) is 9.59 Å². The minimum absolute atomic E-state index is 0.0747. The van der Waals surface area contributed by atoms with Crippen molar-refractivity contribution in [2.75, 3.05) is 5.32 Å². The molecule has 2 aromatic rings. The SMILES string of the molecule is O=C(Nc1ccc(OC(=O)[C@H]2CC=CCC2)cc1)c1ccc(Cl)cc1. The van der Waals surface area contributed by atoms with E-state index in [2.05, 4.69) is 11.4 Å². The Morgan fingerprint density at radius 2 is 1.72 bits per heavy atom. The number of benzene rings is 2. The Kier molecular flexibility index (Phi) is 5.51. The van der Waals surface area contributed by atoms with Gasteiger partial charge in [-0.2, -0.15) is 0 Å². The predicted octanol–water partition coefficient (Wildman–Crippen LogP) is 4.85. The lowest BCUT2D eigenvalue weighted by atomic mass is 9.95. The van der Waals surface area contributed by atoms with Crippen LogP contribution in [0.15, 0.2) is 60.7 Å². The van der Waals surface area contributed by atoms with E-state index < -0.39 is 0 Å². The second-order valence-electron chi connectivity index (χ2n) is 5.89. The molecule has 5 heteroatoms. The number of hydrogen-bond acceptors (Lipinski definition) is 3. The average Bonchev–Trinajstić information content (AvgIpc) is 2.64. The van der Waals surface area contributed by atoms with Gasteiger partial charge in [0.2, 0.25) is 0 Å². The summed E-state index contributed by atoms with van der Waals surface area (Å²) in [6, 6.07) is 13.4. The van der Waals surface area contributed by atoms with Gasteiger partial charge in [0, 0.05) is 16.3 Å². The largest absolute Gasteiger partial charge is 0.426 e. The normalized spacial score (nSPS) is 16.3. The van der Waals surface area contributed by atoms with Gasteiger partial charge in [-0.25, -0.2) is 0 Å². The fraction of sp³-hybridized carbons (Fsp3) is 0.200. The average molecular weight is 356 g/mol. The molecule has 0 saturated heterocycles. The van der Waals surface area contributed by atoms with Gasteiger partial charge in [-0.1, -0.05) is 23.8 Å². The van der Waals surface area contributed by atoms with Crippen molar-refractivity contribution in [3.8, 4) is 5.75 Å². The minimum Gasteiger partial charge on any atom is -0.426 e. The maximum absolute atomic E-state index is 12.1. The molecule has 1 N–H and O–H groups in total. The third kappa shape index (κ3) is 4.70. The molecule has 1 amide bonds. The van der Waals surface area contributed by atoms with Crippen LogP contribution < -0.4 is 10.1 Å². The van der Waals surface area contributed by atoms with E-state index in [1.807, 2.05) is 6.08 Å². The van der Waals surface area contributed by atoms with Crippen molar-refractivity contribution in [3.63, 3.8) is 0 Å². The lowest BCUT2D eigenvalue weighted by molar-refractivity contribution is -0.139. The summed E-state index contributed by atoms with van der Waals surface area (Å²) < 4.78 is 5.41. The molecular weight excluding hydrogens is 338 g/mol. The fourth-order valence-corrected chi connectivity index (χ4v) is 2.74. The van der Waals surface area contributed by atoms with Crippen molar-refractivity contribution in [2.45, 2.75) is 19.3 Å². The van der Waals surface area contributed by atoms with Crippen LogP contribution in [-0.4, -0.2) is 11.9 Å². The fourth-order valence-electron chi connectivity index (χ4n) is 2.62. The Morgan fingerprint density at radius 3 is 2.36 bits per heavy atom. The van der Waals surface area contributed by atoms with E-state index in [0.29, 0.717) is 22.0 Å². The summed E-state index contributed by atoms with van der Waals surface area (Å²) in [4.78, 5) is 24.3. The summed E-state index contributed by atoms with van der Waals surface area (Å²) >= 11 is 5.81. The van der Waals surface area contributed by atoms with Crippen LogP contribution in [0, 0.1) is 5.92 Å². The quantitative estimate of drug-likeness (QED) is 0.484. The topological polar surface area (TPSA) is 55.4 Å². The molecule has 128 valence electrons. The van der Waals surface area contributed by atoms with Crippen LogP contribution in [0.2, 0.25) is 5.02 Å². The van der Waals surface area contributed by atoms with Gasteiger partial charge in [0.05, 0.1) is 5.92 Å². The highest BCUT2D eigenvalue weighted by molar-refractivity contribution is 6.30. The molecule has 25 heavy (non-hydrogen) atoms. The summed E-state index contributed by atoms with van der Waals surface area (Å²) in [6.07, 6.45) is 6.57. The van der Waals surface area contributed by atoms with Crippen LogP contribution in [0.3, 0.4) is 0 Å². The number of carbonyl (C=O) groups is 2. The molecule has 0 radical (unpaired) electrons. The predicted molar refractivity (Wildman–Crippen MR) is 98.0 cm³/mol. The smallest absolute Gasteiger partial charge is 0.314 e. The summed E-state index contributed by atoms with van der Waals surface area (Å²) in [5.41, 5.74) is 1.14. The summed E-state index contributed by atoms with van der Waals surface area (Å²) in [7, 11) is 0. The van der Waals surface area contributed by atoms with E-state index in [1.165, 1.54) is 0 Å². The maximum atomic E-state index is 12.1. The minimum atomic E-state index is -0.226. The molecule has 3 rings (SSSR count). The number of rotatable bonds is 4. The first kappa shape index (κ1) is 17.2. The molecule has 0 bridgehead atoms. The van der Waals surface area contributed by atoms with Gasteiger partial charge in [0.1, 0.15) is 5.75 Å². The van der Waals surface area contributed by atoms with E-state index >= 15 is 0 Å². The highest BCUT2D eigenvalue weighted by Crippen LogP contribution is 2.22. The van der Waals surface area contributed by atoms with Crippen LogP contribution >= 0.6 is 11.6 Å². The Labute approximate surface area is 151 Å². The van der Waals surface area contributed by atoms with Gasteiger partial charge in [-0.05, 0) is 67.8 Å². The molecule has 1 atom stereocenters. The molecule has 2 aromatic carbocycles. The van der Waals surface area contributed by atoms with E-state index in [-0.39, 0.29) is 17.8 Å². The van der Waals surface area contributed by atoms with Crippen LogP contribution in [0.1, 0.15) is 29.6 Å². The lowest BCUT2D eigenvalue weighted by Gasteiger charge is -2.16. The van der Waals surface area contributed by atoms with Gasteiger partial charge < -0.3 is 10.1 Å². The standard InChI is InChI=1S/C20H18ClNO3/c21-16-8-6-14(7-9-16)19(23)22-17-10-12-18(13-11-17)25-20(24)15-4-2-1-3-5-15/h1-2,6-13,15H,3-5H2,(H,22,23)/t15-/m0/s1. The second-order valence-corrected chi connectivity index (χ2v) is 6.32. The molecule has 1 aliphatic carbocycles. The molecule has 0 spiro atoms. The Balaban J connectivity index is 1.58. The van der Waals surface area contributed by atoms with Gasteiger partial charge in [-0.15, -0.1) is 0 Å². The Morgan fingerprint density at radius 1 is 1.00 bits per heavy atom. The first-order chi connectivity index (χ1) is 12.1. The highest BCUT2D eigenvalue weighted by Gasteiger charge is 2.20. The number of halogens is 1. The third-order valence-electron chi connectivity index (χ3n) is 4.04. The van der Waals surface area contributed by atoms with Gasteiger partial charge in [0.15, 0.2) is 0 Å². The van der Waals surface area contributed by atoms with Crippen LogP contribution in [0.25, 0.3) is 0 Å². The number of ether oxygens (including phenoxy) is 1. The molecule has 0 aliphatic heterocycles. The van der Waals surface area contributed by atoms with Crippen LogP contribution in [0.4, 0.5) is 5.69 Å². The van der Waals surface area contributed by atoms with Crippen molar-refractivity contribution >= 4 is 29.2 Å². The third-order valence-corrected chi connectivity index (χ3v) is 4.29. The Hall–Kier alpha value is -2.59. The van der Waals surface area contributed by atoms with E-state index in [9.17, 15) is 9.59 Å². The zero-order chi connectivity index (χ0) is 17.6. The number of anilines is 1. The second kappa shape index (κ2) is 7.99. The molecule has 1 aliphatic rings. The Bertz CT molecular complexity index is 782. The molecule has 0 heterocycles. The van der Waals surface area contributed by atoms with Gasteiger partial charge in [0.25, 0.3) is 5.91 Å². The van der Waals surface area contributed by atoms with E-state index in [0.717, 1.165) is 19.3 Å². The number of nitrogens with one attached hydrogen (secondary N) is 1. The first-order valence-electron chi connectivity index (χ1n) is 8.15. The number of carbonyl (C=O) groups excluding carboxylic acids is 2. The van der Waals surface area contributed by atoms with E-state index in [4.69, 9.17) is 16.3 Å². The molecule has 0 saturated carbocycles. The maximum Gasteiger partial charge on any atom is 0.314 e. The molecule has 0 aromatic heterocycles. The van der Waals surface area contributed by atoms with Crippen molar-refractivity contribution in [2.24, 2.45) is 5.92 Å². The van der Waals surface area contributed by atoms with Crippen LogP contribution in [-0.2, 0) is 4.79 Å². The van der Waals surface area contributed by atoms with Crippen LogP contribution in [0.5, 0.6) is 5.75 Å². The van der Waals surface area contributed by atoms with Crippen molar-refractivity contribution in [1.82, 2.24) is 0 Å². The molecule has 0 fully saturated rings. The summed E-state index contributed by atoms with van der Waals surface area (Å²) in [5, 5.41) is 3.37. The zero-order valence-corrected chi connectivity index (χ0v) is 14.3. The van der Waals surface area contributed by atoms with Crippen molar-refractivity contribution in [3.05, 3.63) is 71.3 Å². The zero-order valence-electron chi connectivity index (χ0n) is 13.6. The first-order valence-corrected chi connectivity index (χ1v) is 8.53. The summed E-state index contributed by atoms with van der Waals surface area (Å²) in [5.74, 6) is -0.0315. The molecule has 0 unspecified atom stereocenters. The molecule has 4 nitrogen and oxygen atoms in total. The van der Waals surface area contributed by atoms with Crippen molar-refractivity contribution in [1.29, 1.82) is 0 Å². The number of amides is 1. The monoisotopic (exact) mass is 355 g/mol.